The average molecular weight is 241 g/mol. The molecule has 0 radical (unpaired) electrons. The van der Waals surface area contributed by atoms with Gasteiger partial charge in [0, 0.05) is 19.7 Å². The van der Waals surface area contributed by atoms with Crippen LogP contribution in [-0.2, 0) is 0 Å². The van der Waals surface area contributed by atoms with Crippen LogP contribution < -0.4 is 10.2 Å². The Morgan fingerprint density at radius 3 is 2.44 bits per heavy atom. The van der Waals surface area contributed by atoms with Crippen LogP contribution in [0.15, 0.2) is 48.7 Å². The molecule has 92 valence electrons. The smallest absolute Gasteiger partial charge is 0.258 e. The first kappa shape index (κ1) is 12.1. The van der Waals surface area contributed by atoms with E-state index in [1.807, 2.05) is 30.3 Å². The normalized spacial score (nSPS) is 9.89. The van der Waals surface area contributed by atoms with E-state index in [1.165, 1.54) is 0 Å². The zero-order valence-electron chi connectivity index (χ0n) is 10.4. The minimum atomic E-state index is -0.0467. The summed E-state index contributed by atoms with van der Waals surface area (Å²) >= 11 is 0. The van der Waals surface area contributed by atoms with Crippen molar-refractivity contribution in [3.8, 4) is 0 Å². The van der Waals surface area contributed by atoms with Gasteiger partial charge in [0.2, 0.25) is 0 Å². The minimum Gasteiger partial charge on any atom is -0.373 e. The zero-order chi connectivity index (χ0) is 13.0. The Kier molecular flexibility index (Phi) is 3.57. The van der Waals surface area contributed by atoms with Crippen molar-refractivity contribution in [1.29, 1.82) is 0 Å². The number of nitrogens with zero attached hydrogens (tertiary/aromatic N) is 2. The van der Waals surface area contributed by atoms with E-state index in [0.29, 0.717) is 5.56 Å². The molecular weight excluding hydrogens is 226 g/mol. The first-order valence-electron chi connectivity index (χ1n) is 5.69. The lowest BCUT2D eigenvalue weighted by Crippen LogP contribution is -2.26. The number of aromatic nitrogens is 1. The SMILES string of the molecule is CNc1ccc(N(C)C(=O)c2ccccc2)cn1. The maximum atomic E-state index is 12.2. The molecule has 1 aromatic carbocycles. The summed E-state index contributed by atoms with van der Waals surface area (Å²) in [6, 6.07) is 12.9. The monoisotopic (exact) mass is 241 g/mol. The Morgan fingerprint density at radius 2 is 1.89 bits per heavy atom. The van der Waals surface area contributed by atoms with Crippen LogP contribution in [0.5, 0.6) is 0 Å². The minimum absolute atomic E-state index is 0.0467. The molecule has 1 amide bonds. The van der Waals surface area contributed by atoms with E-state index >= 15 is 0 Å². The molecule has 4 nitrogen and oxygen atoms in total. The lowest BCUT2D eigenvalue weighted by Gasteiger charge is -2.17. The van der Waals surface area contributed by atoms with Crippen molar-refractivity contribution in [3.05, 3.63) is 54.2 Å². The van der Waals surface area contributed by atoms with Crippen molar-refractivity contribution in [2.75, 3.05) is 24.3 Å². The second kappa shape index (κ2) is 5.31. The highest BCUT2D eigenvalue weighted by Crippen LogP contribution is 2.16. The van der Waals surface area contributed by atoms with Crippen LogP contribution in [0.4, 0.5) is 11.5 Å². The molecule has 0 aliphatic heterocycles. The van der Waals surface area contributed by atoms with Gasteiger partial charge in [-0.3, -0.25) is 4.79 Å². The number of pyridine rings is 1. The van der Waals surface area contributed by atoms with Gasteiger partial charge in [0.15, 0.2) is 0 Å². The van der Waals surface area contributed by atoms with Gasteiger partial charge in [0.1, 0.15) is 5.82 Å². The van der Waals surface area contributed by atoms with E-state index in [9.17, 15) is 4.79 Å². The molecule has 0 aliphatic carbocycles. The Bertz CT molecular complexity index is 522. The fourth-order valence-corrected chi connectivity index (χ4v) is 1.62. The van der Waals surface area contributed by atoms with E-state index < -0.39 is 0 Å². The summed E-state index contributed by atoms with van der Waals surface area (Å²) in [5.41, 5.74) is 1.43. The maximum Gasteiger partial charge on any atom is 0.258 e. The number of hydrogen-bond donors (Lipinski definition) is 1. The second-order valence-electron chi connectivity index (χ2n) is 3.88. The van der Waals surface area contributed by atoms with Gasteiger partial charge >= 0.3 is 0 Å². The van der Waals surface area contributed by atoms with Gasteiger partial charge in [-0.15, -0.1) is 0 Å². The Morgan fingerprint density at radius 1 is 1.17 bits per heavy atom. The van der Waals surface area contributed by atoms with Gasteiger partial charge in [-0.25, -0.2) is 4.98 Å². The van der Waals surface area contributed by atoms with Crippen molar-refractivity contribution < 1.29 is 4.79 Å². The molecule has 0 bridgehead atoms. The highest BCUT2D eigenvalue weighted by atomic mass is 16.2. The molecule has 0 unspecified atom stereocenters. The average Bonchev–Trinajstić information content (AvgIpc) is 2.47. The van der Waals surface area contributed by atoms with Crippen molar-refractivity contribution in [1.82, 2.24) is 4.98 Å². The highest BCUT2D eigenvalue weighted by Gasteiger charge is 2.12. The molecule has 1 aromatic heterocycles. The van der Waals surface area contributed by atoms with E-state index in [1.54, 1.807) is 37.3 Å². The second-order valence-corrected chi connectivity index (χ2v) is 3.88. The van der Waals surface area contributed by atoms with Crippen LogP contribution >= 0.6 is 0 Å². The molecule has 2 aromatic rings. The van der Waals surface area contributed by atoms with Crippen molar-refractivity contribution >= 4 is 17.4 Å². The molecule has 0 atom stereocenters. The molecule has 0 spiro atoms. The predicted octanol–water partition coefficient (Wildman–Crippen LogP) is 2.40. The third kappa shape index (κ3) is 2.48. The van der Waals surface area contributed by atoms with Gasteiger partial charge in [-0.2, -0.15) is 0 Å². The van der Waals surface area contributed by atoms with Crippen LogP contribution in [0.2, 0.25) is 0 Å². The fraction of sp³-hybridized carbons (Fsp3) is 0.143. The molecule has 18 heavy (non-hydrogen) atoms. The quantitative estimate of drug-likeness (QED) is 0.897. The summed E-state index contributed by atoms with van der Waals surface area (Å²) in [6.07, 6.45) is 1.67. The van der Waals surface area contributed by atoms with E-state index in [2.05, 4.69) is 10.3 Å². The Labute approximate surface area is 106 Å². The van der Waals surface area contributed by atoms with Crippen LogP contribution in [0.1, 0.15) is 10.4 Å². The number of benzene rings is 1. The molecule has 1 heterocycles. The molecule has 0 saturated heterocycles. The summed E-state index contributed by atoms with van der Waals surface area (Å²) in [5, 5.41) is 2.94. The number of rotatable bonds is 3. The summed E-state index contributed by atoms with van der Waals surface area (Å²) in [4.78, 5) is 18.0. The molecule has 2 rings (SSSR count). The first-order valence-corrected chi connectivity index (χ1v) is 5.69. The van der Waals surface area contributed by atoms with Gasteiger partial charge in [0.05, 0.1) is 11.9 Å². The topological polar surface area (TPSA) is 45.2 Å². The fourth-order valence-electron chi connectivity index (χ4n) is 1.62. The molecule has 0 fully saturated rings. The molecular formula is C14H15N3O. The summed E-state index contributed by atoms with van der Waals surface area (Å²) in [6.45, 7) is 0. The number of carbonyl (C=O) groups excluding carboxylic acids is 1. The summed E-state index contributed by atoms with van der Waals surface area (Å²) in [5.74, 6) is 0.730. The van der Waals surface area contributed by atoms with Crippen molar-refractivity contribution in [3.63, 3.8) is 0 Å². The number of carbonyl (C=O) groups is 1. The van der Waals surface area contributed by atoms with Crippen LogP contribution in [0, 0.1) is 0 Å². The highest BCUT2D eigenvalue weighted by molar-refractivity contribution is 6.05. The van der Waals surface area contributed by atoms with Gasteiger partial charge < -0.3 is 10.2 Å². The van der Waals surface area contributed by atoms with Crippen molar-refractivity contribution in [2.45, 2.75) is 0 Å². The first-order chi connectivity index (χ1) is 8.72. The Hall–Kier alpha value is -2.36. The van der Waals surface area contributed by atoms with Crippen molar-refractivity contribution in [2.24, 2.45) is 0 Å². The molecule has 0 aliphatic rings. The lowest BCUT2D eigenvalue weighted by molar-refractivity contribution is 0.0993. The number of amides is 1. The summed E-state index contributed by atoms with van der Waals surface area (Å²) in [7, 11) is 3.55. The van der Waals surface area contributed by atoms with Crippen LogP contribution in [0.25, 0.3) is 0 Å². The molecule has 1 N–H and O–H groups in total. The standard InChI is InChI=1S/C14H15N3O/c1-15-13-9-8-12(10-16-13)17(2)14(18)11-6-4-3-5-7-11/h3-10H,1-2H3,(H,15,16). The van der Waals surface area contributed by atoms with E-state index in [0.717, 1.165) is 11.5 Å². The van der Waals surface area contributed by atoms with Crippen LogP contribution in [-0.4, -0.2) is 25.0 Å². The predicted molar refractivity (Wildman–Crippen MR) is 73.0 cm³/mol. The third-order valence-corrected chi connectivity index (χ3v) is 2.72. The van der Waals surface area contributed by atoms with Gasteiger partial charge in [0.25, 0.3) is 5.91 Å². The zero-order valence-corrected chi connectivity index (χ0v) is 10.4. The van der Waals surface area contributed by atoms with E-state index in [4.69, 9.17) is 0 Å². The molecule has 4 heteroatoms. The maximum absolute atomic E-state index is 12.2. The lowest BCUT2D eigenvalue weighted by atomic mass is 10.2. The molecule has 0 saturated carbocycles. The van der Waals surface area contributed by atoms with Gasteiger partial charge in [-0.1, -0.05) is 18.2 Å². The largest absolute Gasteiger partial charge is 0.373 e. The third-order valence-electron chi connectivity index (χ3n) is 2.72. The van der Waals surface area contributed by atoms with E-state index in [-0.39, 0.29) is 5.91 Å². The van der Waals surface area contributed by atoms with Crippen LogP contribution in [0.3, 0.4) is 0 Å². The number of hydrogen-bond acceptors (Lipinski definition) is 3. The number of anilines is 2. The summed E-state index contributed by atoms with van der Waals surface area (Å²) < 4.78 is 0. The Balaban J connectivity index is 2.20. The van der Waals surface area contributed by atoms with Gasteiger partial charge in [-0.05, 0) is 24.3 Å². The number of nitrogens with one attached hydrogen (secondary N) is 1.